The molecule has 6 nitrogen and oxygen atoms in total. The van der Waals surface area contributed by atoms with Crippen LogP contribution < -0.4 is 4.74 Å². The Kier molecular flexibility index (Phi) is 4.06. The maximum absolute atomic E-state index is 12.7. The lowest BCUT2D eigenvalue weighted by Gasteiger charge is -2.25. The van der Waals surface area contributed by atoms with Crippen LogP contribution in [0.4, 0.5) is 0 Å². The summed E-state index contributed by atoms with van der Waals surface area (Å²) in [5.41, 5.74) is 0.950. The lowest BCUT2D eigenvalue weighted by molar-refractivity contribution is 0.0645. The van der Waals surface area contributed by atoms with Crippen LogP contribution >= 0.6 is 0 Å². The molecule has 1 aliphatic heterocycles. The number of methoxy groups -OCH3 is 1. The van der Waals surface area contributed by atoms with Gasteiger partial charge in [-0.15, -0.1) is 0 Å². The summed E-state index contributed by atoms with van der Waals surface area (Å²) < 4.78 is 10.5. The molecule has 0 spiro atoms. The number of carboxylic acid groups (broad SMARTS) is 1. The lowest BCUT2D eigenvalue weighted by atomic mass is 10.0. The molecule has 1 N–H and O–H groups in total. The predicted octanol–water partition coefficient (Wildman–Crippen LogP) is 2.96. The lowest BCUT2D eigenvalue weighted by Crippen LogP contribution is -2.30. The molecule has 0 radical (unpaired) electrons. The molecular formula is C17H17NO5. The summed E-state index contributed by atoms with van der Waals surface area (Å²) in [6.07, 6.45) is 1.71. The zero-order chi connectivity index (χ0) is 16.4. The van der Waals surface area contributed by atoms with Gasteiger partial charge in [0.2, 0.25) is 5.76 Å². The molecule has 2 aromatic rings. The number of rotatable bonds is 4. The molecule has 0 unspecified atom stereocenters. The van der Waals surface area contributed by atoms with Crippen LogP contribution in [0.2, 0.25) is 0 Å². The number of para-hydroxylation sites is 1. The molecule has 1 atom stereocenters. The number of benzene rings is 1. The highest BCUT2D eigenvalue weighted by molar-refractivity contribution is 5.94. The summed E-state index contributed by atoms with van der Waals surface area (Å²) in [6, 6.07) is 10.2. The number of likely N-dealkylation sites (tertiary alicyclic amines) is 1. The van der Waals surface area contributed by atoms with Crippen LogP contribution in [0.3, 0.4) is 0 Å². The molecule has 0 aliphatic carbocycles. The van der Waals surface area contributed by atoms with Crippen LogP contribution in [0, 0.1) is 0 Å². The van der Waals surface area contributed by atoms with E-state index in [-0.39, 0.29) is 23.5 Å². The highest BCUT2D eigenvalue weighted by Crippen LogP contribution is 2.37. The van der Waals surface area contributed by atoms with E-state index < -0.39 is 5.97 Å². The molecule has 1 aliphatic rings. The number of carbonyl (C=O) groups is 2. The Morgan fingerprint density at radius 1 is 1.22 bits per heavy atom. The zero-order valence-corrected chi connectivity index (χ0v) is 12.7. The van der Waals surface area contributed by atoms with Gasteiger partial charge in [-0.2, -0.15) is 0 Å². The SMILES string of the molecule is COc1ccccc1[C@@H]1CCCN1C(=O)c1ccc(C(=O)O)o1. The average molecular weight is 315 g/mol. The first-order chi connectivity index (χ1) is 11.1. The molecular weight excluding hydrogens is 298 g/mol. The number of nitrogens with zero attached hydrogens (tertiary/aromatic N) is 1. The normalized spacial score (nSPS) is 17.3. The number of aromatic carboxylic acids is 1. The van der Waals surface area contributed by atoms with E-state index in [4.69, 9.17) is 14.3 Å². The van der Waals surface area contributed by atoms with Crippen molar-refractivity contribution in [2.75, 3.05) is 13.7 Å². The number of ether oxygens (including phenoxy) is 1. The van der Waals surface area contributed by atoms with Gasteiger partial charge in [-0.3, -0.25) is 4.79 Å². The number of amides is 1. The largest absolute Gasteiger partial charge is 0.496 e. The van der Waals surface area contributed by atoms with E-state index in [0.29, 0.717) is 6.54 Å². The average Bonchev–Trinajstić information content (AvgIpc) is 3.23. The summed E-state index contributed by atoms with van der Waals surface area (Å²) in [7, 11) is 1.60. The minimum Gasteiger partial charge on any atom is -0.496 e. The van der Waals surface area contributed by atoms with Gasteiger partial charge in [0.1, 0.15) is 5.75 Å². The zero-order valence-electron chi connectivity index (χ0n) is 12.7. The van der Waals surface area contributed by atoms with Crippen molar-refractivity contribution in [1.82, 2.24) is 4.90 Å². The van der Waals surface area contributed by atoms with Crippen molar-refractivity contribution in [3.05, 3.63) is 53.5 Å². The van der Waals surface area contributed by atoms with Gasteiger partial charge in [0.15, 0.2) is 5.76 Å². The maximum atomic E-state index is 12.7. The van der Waals surface area contributed by atoms with Gasteiger partial charge in [-0.25, -0.2) is 4.79 Å². The second kappa shape index (κ2) is 6.16. The van der Waals surface area contributed by atoms with Gasteiger partial charge in [-0.1, -0.05) is 18.2 Å². The second-order valence-electron chi connectivity index (χ2n) is 5.37. The fraction of sp³-hybridized carbons (Fsp3) is 0.294. The maximum Gasteiger partial charge on any atom is 0.371 e. The quantitative estimate of drug-likeness (QED) is 0.938. The fourth-order valence-corrected chi connectivity index (χ4v) is 2.98. The van der Waals surface area contributed by atoms with Crippen molar-refractivity contribution in [1.29, 1.82) is 0 Å². The van der Waals surface area contributed by atoms with E-state index in [1.807, 2.05) is 24.3 Å². The minimum atomic E-state index is -1.19. The number of hydrogen-bond acceptors (Lipinski definition) is 4. The molecule has 6 heteroatoms. The van der Waals surface area contributed by atoms with Gasteiger partial charge in [0.05, 0.1) is 13.2 Å². The highest BCUT2D eigenvalue weighted by atomic mass is 16.5. The van der Waals surface area contributed by atoms with E-state index >= 15 is 0 Å². The summed E-state index contributed by atoms with van der Waals surface area (Å²) >= 11 is 0. The number of hydrogen-bond donors (Lipinski definition) is 1. The predicted molar refractivity (Wildman–Crippen MR) is 81.7 cm³/mol. The van der Waals surface area contributed by atoms with Crippen LogP contribution in [0.25, 0.3) is 0 Å². The van der Waals surface area contributed by atoms with Crippen LogP contribution in [-0.4, -0.2) is 35.5 Å². The molecule has 3 rings (SSSR count). The van der Waals surface area contributed by atoms with E-state index in [0.717, 1.165) is 24.2 Å². The highest BCUT2D eigenvalue weighted by Gasteiger charge is 2.33. The smallest absolute Gasteiger partial charge is 0.371 e. The third kappa shape index (κ3) is 2.79. The van der Waals surface area contributed by atoms with Gasteiger partial charge < -0.3 is 19.2 Å². The fourth-order valence-electron chi connectivity index (χ4n) is 2.98. The van der Waals surface area contributed by atoms with Crippen molar-refractivity contribution in [3.8, 4) is 5.75 Å². The third-order valence-corrected chi connectivity index (χ3v) is 4.04. The molecule has 0 saturated carbocycles. The monoisotopic (exact) mass is 315 g/mol. The Morgan fingerprint density at radius 3 is 2.65 bits per heavy atom. The van der Waals surface area contributed by atoms with Crippen molar-refractivity contribution < 1.29 is 23.8 Å². The van der Waals surface area contributed by atoms with Crippen molar-refractivity contribution in [2.45, 2.75) is 18.9 Å². The van der Waals surface area contributed by atoms with Gasteiger partial charge in [0, 0.05) is 12.1 Å². The van der Waals surface area contributed by atoms with Crippen LogP contribution in [0.5, 0.6) is 5.75 Å². The topological polar surface area (TPSA) is 80.0 Å². The standard InChI is InChI=1S/C17H17NO5/c1-22-13-7-3-2-5-11(13)12-6-4-10-18(12)16(19)14-8-9-15(23-14)17(20)21/h2-3,5,7-9,12H,4,6,10H2,1H3,(H,20,21)/t12-/m0/s1. The van der Waals surface area contributed by atoms with E-state index in [1.165, 1.54) is 12.1 Å². The molecule has 1 aromatic heterocycles. The van der Waals surface area contributed by atoms with Crippen LogP contribution in [0.1, 0.15) is 45.6 Å². The Balaban J connectivity index is 1.88. The van der Waals surface area contributed by atoms with E-state index in [1.54, 1.807) is 12.0 Å². The van der Waals surface area contributed by atoms with Gasteiger partial charge in [0.25, 0.3) is 5.91 Å². The summed E-state index contributed by atoms with van der Waals surface area (Å²) in [5.74, 6) is -0.939. The van der Waals surface area contributed by atoms with Crippen molar-refractivity contribution >= 4 is 11.9 Å². The van der Waals surface area contributed by atoms with Crippen LogP contribution in [0.15, 0.2) is 40.8 Å². The summed E-state index contributed by atoms with van der Waals surface area (Å²) in [6.45, 7) is 0.602. The number of carboxylic acids is 1. The molecule has 23 heavy (non-hydrogen) atoms. The summed E-state index contributed by atoms with van der Waals surface area (Å²) in [5, 5.41) is 8.91. The van der Waals surface area contributed by atoms with E-state index in [2.05, 4.69) is 0 Å². The Bertz CT molecular complexity index is 736. The first kappa shape index (κ1) is 15.1. The minimum absolute atomic E-state index is 0.0456. The molecule has 120 valence electrons. The molecule has 1 aromatic carbocycles. The second-order valence-corrected chi connectivity index (χ2v) is 5.37. The Morgan fingerprint density at radius 2 is 1.96 bits per heavy atom. The Hall–Kier alpha value is -2.76. The van der Waals surface area contributed by atoms with Crippen molar-refractivity contribution in [3.63, 3.8) is 0 Å². The molecule has 1 saturated heterocycles. The number of furan rings is 1. The van der Waals surface area contributed by atoms with Gasteiger partial charge >= 0.3 is 5.97 Å². The van der Waals surface area contributed by atoms with Crippen LogP contribution in [-0.2, 0) is 0 Å². The third-order valence-electron chi connectivity index (χ3n) is 4.04. The molecule has 2 heterocycles. The molecule has 0 bridgehead atoms. The summed E-state index contributed by atoms with van der Waals surface area (Å²) in [4.78, 5) is 25.3. The first-order valence-corrected chi connectivity index (χ1v) is 7.39. The van der Waals surface area contributed by atoms with Crippen molar-refractivity contribution in [2.24, 2.45) is 0 Å². The Labute approximate surface area is 133 Å². The van der Waals surface area contributed by atoms with Gasteiger partial charge in [-0.05, 0) is 31.0 Å². The molecule has 1 amide bonds. The first-order valence-electron chi connectivity index (χ1n) is 7.39. The molecule has 1 fully saturated rings. The van der Waals surface area contributed by atoms with E-state index in [9.17, 15) is 9.59 Å². The number of carbonyl (C=O) groups excluding carboxylic acids is 1.